The highest BCUT2D eigenvalue weighted by Gasteiger charge is 2.09. The van der Waals surface area contributed by atoms with Crippen molar-refractivity contribution in [1.29, 1.82) is 0 Å². The molecule has 0 atom stereocenters. The van der Waals surface area contributed by atoms with Crippen LogP contribution in [-0.2, 0) is 6.61 Å². The van der Waals surface area contributed by atoms with Gasteiger partial charge in [0.05, 0.1) is 18.1 Å². The third-order valence-corrected chi connectivity index (χ3v) is 3.30. The molecule has 0 aliphatic heterocycles. The molecule has 0 unspecified atom stereocenters. The number of ether oxygens (including phenoxy) is 2. The summed E-state index contributed by atoms with van der Waals surface area (Å²) in [7, 11) is 1.60. The molecule has 1 aromatic heterocycles. The van der Waals surface area contributed by atoms with Gasteiger partial charge in [0.15, 0.2) is 0 Å². The molecule has 0 radical (unpaired) electrons. The Balaban J connectivity index is 1.67. The number of rotatable bonds is 6. The van der Waals surface area contributed by atoms with E-state index in [1.807, 2.05) is 24.3 Å². The Hall–Kier alpha value is -3.35. The van der Waals surface area contributed by atoms with E-state index in [4.69, 9.17) is 13.9 Å². The summed E-state index contributed by atoms with van der Waals surface area (Å²) in [5, 5.41) is 10.7. The van der Waals surface area contributed by atoms with Crippen molar-refractivity contribution >= 4 is 5.69 Å². The number of aromatic nitrogens is 1. The van der Waals surface area contributed by atoms with Gasteiger partial charge in [-0.1, -0.05) is 6.07 Å². The van der Waals surface area contributed by atoms with Crippen LogP contribution in [0.5, 0.6) is 11.5 Å². The number of hydrogen-bond donors (Lipinski definition) is 0. The van der Waals surface area contributed by atoms with Crippen LogP contribution in [0.15, 0.2) is 59.2 Å². The highest BCUT2D eigenvalue weighted by Crippen LogP contribution is 2.23. The van der Waals surface area contributed by atoms with Gasteiger partial charge >= 0.3 is 0 Å². The van der Waals surface area contributed by atoms with Crippen LogP contribution in [0.4, 0.5) is 5.69 Å². The summed E-state index contributed by atoms with van der Waals surface area (Å²) in [6.45, 7) is 0.154. The molecule has 0 aliphatic carbocycles. The minimum absolute atomic E-state index is 0.0217. The number of benzene rings is 2. The monoisotopic (exact) mass is 326 g/mol. The third kappa shape index (κ3) is 3.52. The van der Waals surface area contributed by atoms with E-state index in [-0.39, 0.29) is 12.3 Å². The van der Waals surface area contributed by atoms with Gasteiger partial charge < -0.3 is 13.9 Å². The number of nitrogens with zero attached hydrogens (tertiary/aromatic N) is 2. The quantitative estimate of drug-likeness (QED) is 0.505. The lowest BCUT2D eigenvalue weighted by Gasteiger charge is -2.03. The first kappa shape index (κ1) is 15.5. The lowest BCUT2D eigenvalue weighted by molar-refractivity contribution is -0.384. The highest BCUT2D eigenvalue weighted by atomic mass is 16.6. The first-order valence-corrected chi connectivity index (χ1v) is 7.12. The largest absolute Gasteiger partial charge is 0.497 e. The lowest BCUT2D eigenvalue weighted by Crippen LogP contribution is -1.96. The van der Waals surface area contributed by atoms with Crippen LogP contribution in [0, 0.1) is 10.1 Å². The van der Waals surface area contributed by atoms with Crippen molar-refractivity contribution in [3.8, 4) is 23.0 Å². The second kappa shape index (κ2) is 6.82. The summed E-state index contributed by atoms with van der Waals surface area (Å²) < 4.78 is 16.1. The third-order valence-electron chi connectivity index (χ3n) is 3.30. The van der Waals surface area contributed by atoms with Crippen LogP contribution in [-0.4, -0.2) is 17.0 Å². The van der Waals surface area contributed by atoms with E-state index in [2.05, 4.69) is 4.98 Å². The number of non-ortho nitro benzene ring substituents is 1. The molecule has 0 aliphatic rings. The zero-order valence-electron chi connectivity index (χ0n) is 12.8. The van der Waals surface area contributed by atoms with Crippen molar-refractivity contribution in [1.82, 2.24) is 4.98 Å². The average Bonchev–Trinajstić information content (AvgIpc) is 3.09. The van der Waals surface area contributed by atoms with Gasteiger partial charge in [0, 0.05) is 11.6 Å². The fraction of sp³-hybridized carbons (Fsp3) is 0.118. The lowest BCUT2D eigenvalue weighted by atomic mass is 10.2. The SMILES string of the molecule is COc1ccc(-c2nc(COc3cccc([N+](=O)[O-])c3)co2)cc1. The second-order valence-corrected chi connectivity index (χ2v) is 4.92. The molecule has 0 N–H and O–H groups in total. The first-order chi connectivity index (χ1) is 11.7. The van der Waals surface area contributed by atoms with Crippen molar-refractivity contribution in [3.05, 3.63) is 70.6 Å². The van der Waals surface area contributed by atoms with Crippen LogP contribution in [0.2, 0.25) is 0 Å². The van der Waals surface area contributed by atoms with E-state index in [1.54, 1.807) is 19.2 Å². The van der Waals surface area contributed by atoms with Crippen molar-refractivity contribution in [2.75, 3.05) is 7.11 Å². The van der Waals surface area contributed by atoms with E-state index < -0.39 is 4.92 Å². The van der Waals surface area contributed by atoms with Crippen molar-refractivity contribution in [2.24, 2.45) is 0 Å². The molecule has 3 aromatic rings. The first-order valence-electron chi connectivity index (χ1n) is 7.12. The molecule has 24 heavy (non-hydrogen) atoms. The minimum atomic E-state index is -0.468. The van der Waals surface area contributed by atoms with Gasteiger partial charge in [-0.25, -0.2) is 4.98 Å². The molecule has 0 saturated heterocycles. The molecular weight excluding hydrogens is 312 g/mol. The molecular formula is C17H14N2O5. The van der Waals surface area contributed by atoms with E-state index in [9.17, 15) is 10.1 Å². The second-order valence-electron chi connectivity index (χ2n) is 4.92. The van der Waals surface area contributed by atoms with E-state index in [1.165, 1.54) is 18.4 Å². The summed E-state index contributed by atoms with van der Waals surface area (Å²) in [4.78, 5) is 14.6. The predicted octanol–water partition coefficient (Wildman–Crippen LogP) is 3.84. The summed E-state index contributed by atoms with van der Waals surface area (Å²) in [6.07, 6.45) is 1.50. The van der Waals surface area contributed by atoms with Gasteiger partial charge in [-0.05, 0) is 30.3 Å². The van der Waals surface area contributed by atoms with E-state index in [0.717, 1.165) is 11.3 Å². The number of oxazole rings is 1. The van der Waals surface area contributed by atoms with Gasteiger partial charge in [0.2, 0.25) is 5.89 Å². The van der Waals surface area contributed by atoms with Gasteiger partial charge in [0.1, 0.15) is 30.1 Å². The van der Waals surface area contributed by atoms with E-state index in [0.29, 0.717) is 17.3 Å². The fourth-order valence-corrected chi connectivity index (χ4v) is 2.08. The molecule has 0 fully saturated rings. The van der Waals surface area contributed by atoms with Crippen LogP contribution >= 0.6 is 0 Å². The summed E-state index contributed by atoms with van der Waals surface area (Å²) in [5.41, 5.74) is 1.39. The molecule has 7 nitrogen and oxygen atoms in total. The standard InChI is InChI=1S/C17H14N2O5/c1-22-15-7-5-12(6-8-15)17-18-13(11-24-17)10-23-16-4-2-3-14(9-16)19(20)21/h2-9,11H,10H2,1H3. The van der Waals surface area contributed by atoms with Crippen molar-refractivity contribution < 1.29 is 18.8 Å². The van der Waals surface area contributed by atoms with Gasteiger partial charge in [0.25, 0.3) is 5.69 Å². The average molecular weight is 326 g/mol. The number of nitro benzene ring substituents is 1. The highest BCUT2D eigenvalue weighted by molar-refractivity contribution is 5.54. The van der Waals surface area contributed by atoms with Crippen LogP contribution < -0.4 is 9.47 Å². The minimum Gasteiger partial charge on any atom is -0.497 e. The Kier molecular flexibility index (Phi) is 4.42. The van der Waals surface area contributed by atoms with Crippen molar-refractivity contribution in [2.45, 2.75) is 6.61 Å². The molecule has 3 rings (SSSR count). The molecule has 0 spiro atoms. The van der Waals surface area contributed by atoms with Crippen LogP contribution in [0.25, 0.3) is 11.5 Å². The maximum atomic E-state index is 10.7. The molecule has 2 aromatic carbocycles. The van der Waals surface area contributed by atoms with Crippen molar-refractivity contribution in [3.63, 3.8) is 0 Å². The fourth-order valence-electron chi connectivity index (χ4n) is 2.08. The van der Waals surface area contributed by atoms with Crippen LogP contribution in [0.3, 0.4) is 0 Å². The maximum absolute atomic E-state index is 10.7. The van der Waals surface area contributed by atoms with Crippen LogP contribution in [0.1, 0.15) is 5.69 Å². The predicted molar refractivity (Wildman–Crippen MR) is 85.9 cm³/mol. The van der Waals surface area contributed by atoms with Gasteiger partial charge in [-0.3, -0.25) is 10.1 Å². The molecule has 1 heterocycles. The molecule has 122 valence electrons. The maximum Gasteiger partial charge on any atom is 0.273 e. The number of methoxy groups -OCH3 is 1. The normalized spacial score (nSPS) is 10.4. The van der Waals surface area contributed by atoms with Gasteiger partial charge in [-0.15, -0.1) is 0 Å². The molecule has 7 heteroatoms. The Morgan fingerprint density at radius 2 is 1.96 bits per heavy atom. The molecule has 0 bridgehead atoms. The molecule has 0 saturated carbocycles. The Labute approximate surface area is 137 Å². The Morgan fingerprint density at radius 1 is 1.17 bits per heavy atom. The Morgan fingerprint density at radius 3 is 2.67 bits per heavy atom. The summed E-state index contributed by atoms with van der Waals surface area (Å²) in [6, 6.07) is 13.3. The summed E-state index contributed by atoms with van der Waals surface area (Å²) in [5.74, 6) is 1.62. The zero-order chi connectivity index (χ0) is 16.9. The Bertz CT molecular complexity index is 842. The smallest absolute Gasteiger partial charge is 0.273 e. The molecule has 0 amide bonds. The van der Waals surface area contributed by atoms with Gasteiger partial charge in [-0.2, -0.15) is 0 Å². The van der Waals surface area contributed by atoms with E-state index >= 15 is 0 Å². The summed E-state index contributed by atoms with van der Waals surface area (Å²) >= 11 is 0. The zero-order valence-corrected chi connectivity index (χ0v) is 12.8. The topological polar surface area (TPSA) is 87.6 Å². The number of nitro groups is 1. The number of hydrogen-bond acceptors (Lipinski definition) is 6.